The largest absolute Gasteiger partial charge is 1.00 e. The van der Waals surface area contributed by atoms with Gasteiger partial charge in [0.1, 0.15) is 0 Å². The van der Waals surface area contributed by atoms with E-state index in [0.717, 1.165) is 0 Å². The van der Waals surface area contributed by atoms with Crippen LogP contribution in [-0.2, 0) is 0 Å². The Balaban J connectivity index is 0. The van der Waals surface area contributed by atoms with Gasteiger partial charge in [-0.05, 0) is 10.8 Å². The van der Waals surface area contributed by atoms with E-state index < -0.39 is 0 Å². The Morgan fingerprint density at radius 1 is 1.00 bits per heavy atom. The predicted octanol–water partition coefficient (Wildman–Crippen LogP) is -0.798. The van der Waals surface area contributed by atoms with Gasteiger partial charge >= 0.3 is 58.2 Å². The van der Waals surface area contributed by atoms with Gasteiger partial charge in [0, 0.05) is 0 Å². The molecule has 1 aromatic rings. The minimum Gasteiger partial charge on any atom is -0.358 e. The average Bonchev–Trinajstić information content (AvgIpc) is 1.76. The molecule has 7 heavy (non-hydrogen) atoms. The summed E-state index contributed by atoms with van der Waals surface area (Å²) in [6.45, 7) is 0. The molecule has 0 radical (unpaired) electrons. The quantitative estimate of drug-likeness (QED) is 0.464. The predicted molar refractivity (Wildman–Crippen MR) is 30.7 cm³/mol. The maximum atomic E-state index is 2.04. The second-order valence-corrected chi connectivity index (χ2v) is 1.61. The maximum Gasteiger partial charge on any atom is 1.00 e. The monoisotopic (exact) mass is 184 g/mol. The van der Waals surface area contributed by atoms with Crippen LogP contribution in [0.25, 0.3) is 0 Å². The molecule has 0 nitrogen and oxygen atoms in total. The van der Waals surface area contributed by atoms with Gasteiger partial charge in [0.05, 0.1) is 0 Å². The van der Waals surface area contributed by atoms with Gasteiger partial charge in [-0.15, -0.1) is 0 Å². The summed E-state index contributed by atoms with van der Waals surface area (Å²) >= 11 is 1.71. The fraction of sp³-hybridized carbons (Fsp3) is 0. The van der Waals surface area contributed by atoms with Crippen LogP contribution in [0.4, 0.5) is 0 Å². The van der Waals surface area contributed by atoms with Gasteiger partial charge < -0.3 is 7.43 Å². The molecule has 2 heteroatoms. The summed E-state index contributed by atoms with van der Waals surface area (Å²) in [7, 11) is 0. The van der Waals surface area contributed by atoms with Crippen LogP contribution in [0.1, 0.15) is 0 Å². The zero-order valence-electron chi connectivity index (χ0n) is 4.72. The summed E-state index contributed by atoms with van der Waals surface area (Å²) in [4.78, 5) is 0. The van der Waals surface area contributed by atoms with E-state index in [1.54, 1.807) is 11.3 Å². The van der Waals surface area contributed by atoms with Crippen LogP contribution < -0.4 is 58.2 Å². The summed E-state index contributed by atoms with van der Waals surface area (Å²) in [5.74, 6) is 0. The van der Waals surface area contributed by atoms with Crippen LogP contribution >= 0.6 is 11.3 Å². The van der Waals surface area contributed by atoms with Crippen LogP contribution in [0.5, 0.6) is 0 Å². The number of thiophene rings is 1. The smallest absolute Gasteiger partial charge is 0.358 e. The van der Waals surface area contributed by atoms with Crippen molar-refractivity contribution in [2.24, 2.45) is 0 Å². The van der Waals surface area contributed by atoms with Gasteiger partial charge in [0.25, 0.3) is 0 Å². The topological polar surface area (TPSA) is 0 Å². The van der Waals surface area contributed by atoms with E-state index in [-0.39, 0.29) is 65.6 Å². The third-order valence-corrected chi connectivity index (χ3v) is 1.05. The van der Waals surface area contributed by atoms with Crippen molar-refractivity contribution in [1.29, 1.82) is 0 Å². The van der Waals surface area contributed by atoms with E-state index >= 15 is 0 Å². The molecule has 0 aliphatic carbocycles. The van der Waals surface area contributed by atoms with Crippen molar-refractivity contribution in [3.8, 4) is 0 Å². The molecule has 0 aliphatic heterocycles. The Morgan fingerprint density at radius 3 is 1.57 bits per heavy atom. The first-order chi connectivity index (χ1) is 2.50. The third-order valence-electron chi connectivity index (χ3n) is 0.425. The van der Waals surface area contributed by atoms with Crippen LogP contribution in [0, 0.1) is 7.43 Å². The Hall–Kier alpha value is 1.51. The Labute approximate surface area is 97.7 Å². The van der Waals surface area contributed by atoms with E-state index in [2.05, 4.69) is 0 Å². The molecule has 0 saturated carbocycles. The van der Waals surface area contributed by atoms with Crippen molar-refractivity contribution in [3.05, 3.63) is 30.3 Å². The molecular formula is C5H7RbS. The van der Waals surface area contributed by atoms with Crippen molar-refractivity contribution < 1.29 is 58.2 Å². The van der Waals surface area contributed by atoms with E-state index in [9.17, 15) is 0 Å². The normalized spacial score (nSPS) is 5.71. The van der Waals surface area contributed by atoms with Gasteiger partial charge in [-0.2, -0.15) is 11.3 Å². The van der Waals surface area contributed by atoms with E-state index in [4.69, 9.17) is 0 Å². The van der Waals surface area contributed by atoms with Gasteiger partial charge in [0.2, 0.25) is 0 Å². The van der Waals surface area contributed by atoms with Gasteiger partial charge in [-0.3, -0.25) is 0 Å². The molecule has 0 fully saturated rings. The number of hydrogen-bond donors (Lipinski definition) is 0. The second-order valence-electron chi connectivity index (χ2n) is 0.793. The second kappa shape index (κ2) is 7.51. The van der Waals surface area contributed by atoms with Crippen molar-refractivity contribution in [2.75, 3.05) is 0 Å². The van der Waals surface area contributed by atoms with E-state index in [1.165, 1.54) is 0 Å². The van der Waals surface area contributed by atoms with Gasteiger partial charge in [0.15, 0.2) is 0 Å². The number of hydrogen-bond acceptors (Lipinski definition) is 1. The van der Waals surface area contributed by atoms with Crippen molar-refractivity contribution >= 4 is 11.3 Å². The molecule has 0 spiro atoms. The molecule has 1 aromatic heterocycles. The summed E-state index contributed by atoms with van der Waals surface area (Å²) in [5.41, 5.74) is 0. The summed E-state index contributed by atoms with van der Waals surface area (Å²) in [6, 6.07) is 4.04. The first kappa shape index (κ1) is 11.3. The van der Waals surface area contributed by atoms with Crippen LogP contribution in [0.3, 0.4) is 0 Å². The standard InChI is InChI=1S/C4H4S.CH3.Rb/c1-2-4-5-3-1;;/h1-4H;1H3;/q;-1;+1. The third kappa shape index (κ3) is 5.38. The first-order valence-corrected chi connectivity index (χ1v) is 2.41. The molecule has 0 atom stereocenters. The molecule has 0 unspecified atom stereocenters. The fourth-order valence-corrected chi connectivity index (χ4v) is 0.680. The molecule has 1 rings (SSSR count). The zero-order chi connectivity index (χ0) is 3.54. The van der Waals surface area contributed by atoms with Crippen LogP contribution in [-0.4, -0.2) is 0 Å². The van der Waals surface area contributed by atoms with Gasteiger partial charge in [-0.25, -0.2) is 0 Å². The Bertz CT molecular complexity index is 64.6. The molecule has 0 saturated heterocycles. The molecule has 34 valence electrons. The van der Waals surface area contributed by atoms with E-state index in [0.29, 0.717) is 0 Å². The van der Waals surface area contributed by atoms with Crippen LogP contribution in [0.15, 0.2) is 22.9 Å². The van der Waals surface area contributed by atoms with Gasteiger partial charge in [-0.1, -0.05) is 12.1 Å². The Morgan fingerprint density at radius 2 is 1.43 bits per heavy atom. The minimum absolute atomic E-state index is 0. The summed E-state index contributed by atoms with van der Waals surface area (Å²) in [6.07, 6.45) is 0. The molecule has 0 bridgehead atoms. The Kier molecular flexibility index (Phi) is 12.1. The van der Waals surface area contributed by atoms with Crippen molar-refractivity contribution in [1.82, 2.24) is 0 Å². The van der Waals surface area contributed by atoms with Crippen molar-refractivity contribution in [2.45, 2.75) is 0 Å². The fourth-order valence-electron chi connectivity index (χ4n) is 0.227. The molecule has 0 amide bonds. The molecule has 0 aliphatic rings. The van der Waals surface area contributed by atoms with E-state index in [1.807, 2.05) is 22.9 Å². The average molecular weight is 185 g/mol. The number of rotatable bonds is 0. The zero-order valence-corrected chi connectivity index (χ0v) is 10.5. The molecule has 0 aromatic carbocycles. The molecular weight excluding hydrogens is 178 g/mol. The summed E-state index contributed by atoms with van der Waals surface area (Å²) < 4.78 is 0. The first-order valence-electron chi connectivity index (χ1n) is 1.47. The van der Waals surface area contributed by atoms with Crippen LogP contribution in [0.2, 0.25) is 0 Å². The molecule has 1 heterocycles. The van der Waals surface area contributed by atoms with Crippen molar-refractivity contribution in [3.63, 3.8) is 0 Å². The minimum atomic E-state index is 0. The molecule has 0 N–H and O–H groups in total. The SMILES string of the molecule is [CH3-].[Rb+].c1ccsc1. The summed E-state index contributed by atoms with van der Waals surface area (Å²) in [5, 5.41) is 4.08. The maximum absolute atomic E-state index is 2.04.